The lowest BCUT2D eigenvalue weighted by molar-refractivity contribution is -0.147. The van der Waals surface area contributed by atoms with E-state index in [2.05, 4.69) is 25.8 Å². The minimum atomic E-state index is -0.952. The van der Waals surface area contributed by atoms with Gasteiger partial charge in [0, 0.05) is 11.8 Å². The molecule has 4 rings (SSSR count). The van der Waals surface area contributed by atoms with Gasteiger partial charge in [-0.2, -0.15) is 0 Å². The number of pyridine rings is 2. The summed E-state index contributed by atoms with van der Waals surface area (Å²) in [6.07, 6.45) is 2.77. The summed E-state index contributed by atoms with van der Waals surface area (Å²) in [6, 6.07) is 6.68. The molecule has 3 aromatic heterocycles. The van der Waals surface area contributed by atoms with Crippen LogP contribution in [0.2, 0.25) is 5.15 Å². The van der Waals surface area contributed by atoms with Crippen LogP contribution in [0.15, 0.2) is 35.0 Å². The van der Waals surface area contributed by atoms with Gasteiger partial charge in [0.2, 0.25) is 11.7 Å². The van der Waals surface area contributed by atoms with Crippen molar-refractivity contribution in [2.45, 2.75) is 52.6 Å². The highest BCUT2D eigenvalue weighted by Gasteiger charge is 2.36. The third-order valence-electron chi connectivity index (χ3n) is 6.60. The Morgan fingerprint density at radius 1 is 1.11 bits per heavy atom. The van der Waals surface area contributed by atoms with E-state index < -0.39 is 30.0 Å². The molecule has 1 aliphatic rings. The van der Waals surface area contributed by atoms with E-state index in [1.165, 1.54) is 0 Å². The molecular weight excluding hydrogens is 514 g/mol. The number of nitrogens with zero attached hydrogens (tertiary/aromatic N) is 3. The first-order chi connectivity index (χ1) is 18.2. The van der Waals surface area contributed by atoms with Crippen molar-refractivity contribution in [3.8, 4) is 11.5 Å². The molecule has 2 amide bonds. The predicted molar refractivity (Wildman–Crippen MR) is 139 cm³/mol. The Balaban J connectivity index is 1.47. The van der Waals surface area contributed by atoms with E-state index in [9.17, 15) is 19.5 Å². The lowest BCUT2D eigenvalue weighted by Gasteiger charge is -2.27. The zero-order valence-electron chi connectivity index (χ0n) is 21.2. The number of nitrogens with one attached hydrogen (secondary N) is 2. The number of carbonyl (C=O) groups excluding carboxylic acids is 2. The average molecular weight is 542 g/mol. The molecule has 200 valence electrons. The summed E-state index contributed by atoms with van der Waals surface area (Å²) >= 11 is 6.09. The summed E-state index contributed by atoms with van der Waals surface area (Å²) in [4.78, 5) is 45.6. The molecule has 0 spiro atoms. The molecular formula is C26H28ClN5O6. The average Bonchev–Trinajstić information content (AvgIpc) is 3.24. The number of amides is 2. The Labute approximate surface area is 223 Å². The van der Waals surface area contributed by atoms with Crippen molar-refractivity contribution in [3.63, 3.8) is 0 Å². The molecule has 1 saturated carbocycles. The molecule has 1 aliphatic carbocycles. The summed E-state index contributed by atoms with van der Waals surface area (Å²) in [5.74, 6) is -2.36. The van der Waals surface area contributed by atoms with Crippen molar-refractivity contribution < 1.29 is 28.8 Å². The smallest absolute Gasteiger partial charge is 0.412 e. The number of carboxylic acids is 1. The highest BCUT2D eigenvalue weighted by Crippen LogP contribution is 2.34. The summed E-state index contributed by atoms with van der Waals surface area (Å²) < 4.78 is 10.9. The Hall–Kier alpha value is -3.99. The number of halogens is 1. The molecule has 0 saturated heterocycles. The second-order valence-corrected chi connectivity index (χ2v) is 9.54. The maximum atomic E-state index is 12.9. The lowest BCUT2D eigenvalue weighted by atomic mass is 9.78. The number of carbonyl (C=O) groups is 3. The maximum absolute atomic E-state index is 12.9. The van der Waals surface area contributed by atoms with Gasteiger partial charge in [0.05, 0.1) is 23.2 Å². The Bertz CT molecular complexity index is 1360. The van der Waals surface area contributed by atoms with Crippen LogP contribution in [0.5, 0.6) is 0 Å². The zero-order valence-corrected chi connectivity index (χ0v) is 21.9. The summed E-state index contributed by atoms with van der Waals surface area (Å²) in [5, 5.41) is 19.2. The lowest BCUT2D eigenvalue weighted by Crippen LogP contribution is -2.36. The van der Waals surface area contributed by atoms with Crippen molar-refractivity contribution in [2.24, 2.45) is 11.8 Å². The molecule has 3 aromatic rings. The molecule has 12 heteroatoms. The van der Waals surface area contributed by atoms with Crippen LogP contribution in [0.3, 0.4) is 0 Å². The first kappa shape index (κ1) is 27.1. The predicted octanol–water partition coefficient (Wildman–Crippen LogP) is 5.54. The van der Waals surface area contributed by atoms with Crippen molar-refractivity contribution in [1.29, 1.82) is 0 Å². The van der Waals surface area contributed by atoms with Gasteiger partial charge in [-0.3, -0.25) is 14.9 Å². The highest BCUT2D eigenvalue weighted by atomic mass is 35.5. The Kier molecular flexibility index (Phi) is 8.26. The van der Waals surface area contributed by atoms with Crippen LogP contribution >= 0.6 is 11.6 Å². The van der Waals surface area contributed by atoms with Crippen LogP contribution in [0.25, 0.3) is 11.5 Å². The fourth-order valence-corrected chi connectivity index (χ4v) is 4.81. The number of carboxylic acid groups (broad SMARTS) is 1. The number of aliphatic carboxylic acids is 1. The van der Waals surface area contributed by atoms with Gasteiger partial charge in [0.15, 0.2) is 0 Å². The number of ether oxygens (including phenoxy) is 1. The van der Waals surface area contributed by atoms with Gasteiger partial charge < -0.3 is 19.7 Å². The minimum Gasteiger partial charge on any atom is -0.481 e. The molecule has 2 unspecified atom stereocenters. The van der Waals surface area contributed by atoms with Crippen LogP contribution in [-0.2, 0) is 14.3 Å². The SMILES string of the molecule is Cc1nc(-c2onc(C)c2NC(=O)O[C@H](C)c2cccnc2Cl)ccc1NC(=O)C1CCCCC1C(=O)O. The van der Waals surface area contributed by atoms with E-state index in [-0.39, 0.29) is 22.5 Å². The van der Waals surface area contributed by atoms with Crippen molar-refractivity contribution in [3.05, 3.63) is 52.6 Å². The van der Waals surface area contributed by atoms with E-state index in [0.29, 0.717) is 41.2 Å². The Morgan fingerprint density at radius 2 is 1.84 bits per heavy atom. The van der Waals surface area contributed by atoms with Gasteiger partial charge in [0.1, 0.15) is 28.3 Å². The molecule has 3 N–H and O–H groups in total. The minimum absolute atomic E-state index is 0.214. The molecule has 3 heterocycles. The van der Waals surface area contributed by atoms with Crippen LogP contribution in [-0.4, -0.2) is 38.2 Å². The third-order valence-corrected chi connectivity index (χ3v) is 6.91. The first-order valence-electron chi connectivity index (χ1n) is 12.2. The highest BCUT2D eigenvalue weighted by molar-refractivity contribution is 6.30. The molecule has 11 nitrogen and oxygen atoms in total. The number of aryl methyl sites for hydroxylation is 2. The van der Waals surface area contributed by atoms with Gasteiger partial charge in [-0.25, -0.2) is 14.8 Å². The summed E-state index contributed by atoms with van der Waals surface area (Å²) in [5.41, 5.74) is 2.58. The van der Waals surface area contributed by atoms with E-state index >= 15 is 0 Å². The van der Waals surface area contributed by atoms with E-state index in [4.69, 9.17) is 20.9 Å². The molecule has 1 fully saturated rings. The molecule has 0 bridgehead atoms. The molecule has 0 aromatic carbocycles. The first-order valence-corrected chi connectivity index (χ1v) is 12.6. The number of aromatic nitrogens is 3. The van der Waals surface area contributed by atoms with Crippen LogP contribution in [0.4, 0.5) is 16.2 Å². The summed E-state index contributed by atoms with van der Waals surface area (Å²) in [6.45, 7) is 5.04. The normalized spacial score (nSPS) is 17.9. The summed E-state index contributed by atoms with van der Waals surface area (Å²) in [7, 11) is 0. The van der Waals surface area contributed by atoms with Crippen LogP contribution < -0.4 is 10.6 Å². The monoisotopic (exact) mass is 541 g/mol. The number of anilines is 2. The number of hydrogen-bond acceptors (Lipinski definition) is 8. The van der Waals surface area contributed by atoms with Gasteiger partial charge in [-0.05, 0) is 51.8 Å². The van der Waals surface area contributed by atoms with E-state index in [1.54, 1.807) is 51.2 Å². The zero-order chi connectivity index (χ0) is 27.4. The van der Waals surface area contributed by atoms with Gasteiger partial charge >= 0.3 is 12.1 Å². The van der Waals surface area contributed by atoms with Crippen molar-refractivity contribution >= 4 is 40.9 Å². The van der Waals surface area contributed by atoms with Gasteiger partial charge in [-0.1, -0.05) is 35.7 Å². The van der Waals surface area contributed by atoms with Crippen LogP contribution in [0.1, 0.15) is 55.7 Å². The van der Waals surface area contributed by atoms with E-state index in [1.807, 2.05) is 0 Å². The maximum Gasteiger partial charge on any atom is 0.412 e. The molecule has 38 heavy (non-hydrogen) atoms. The third kappa shape index (κ3) is 5.94. The van der Waals surface area contributed by atoms with Crippen molar-refractivity contribution in [2.75, 3.05) is 10.6 Å². The standard InChI is InChI=1S/C26H28ClN5O6/c1-13-19(30-24(33)17-7-4-5-8-18(17)25(34)35)10-11-20(29-13)22-21(14(2)32-38-22)31-26(36)37-15(3)16-9-6-12-28-23(16)27/h6,9-12,15,17-18H,4-5,7-8H2,1-3H3,(H,30,33)(H,31,36)(H,34,35)/t15-,17?,18?/m1/s1. The van der Waals surface area contributed by atoms with Gasteiger partial charge in [0.25, 0.3) is 0 Å². The molecule has 3 atom stereocenters. The van der Waals surface area contributed by atoms with Gasteiger partial charge in [-0.15, -0.1) is 0 Å². The number of hydrogen-bond donors (Lipinski definition) is 3. The fraction of sp³-hybridized carbons (Fsp3) is 0.385. The van der Waals surface area contributed by atoms with E-state index in [0.717, 1.165) is 12.8 Å². The van der Waals surface area contributed by atoms with Crippen molar-refractivity contribution in [1.82, 2.24) is 15.1 Å². The fourth-order valence-electron chi connectivity index (χ4n) is 4.53. The Morgan fingerprint density at radius 3 is 2.53 bits per heavy atom. The quantitative estimate of drug-likeness (QED) is 0.326. The molecule has 0 radical (unpaired) electrons. The topological polar surface area (TPSA) is 157 Å². The second-order valence-electron chi connectivity index (χ2n) is 9.18. The largest absolute Gasteiger partial charge is 0.481 e. The second kappa shape index (κ2) is 11.6. The number of rotatable bonds is 7. The molecule has 0 aliphatic heterocycles. The van der Waals surface area contributed by atoms with Crippen LogP contribution in [0, 0.1) is 25.7 Å².